The number of methoxy groups -OCH3 is 1. The third-order valence-electron chi connectivity index (χ3n) is 4.98. The van der Waals surface area contributed by atoms with Gasteiger partial charge in [-0.05, 0) is 35.9 Å². The van der Waals surface area contributed by atoms with E-state index in [1.165, 1.54) is 30.0 Å². The lowest BCUT2D eigenvalue weighted by molar-refractivity contribution is -0.117. The maximum absolute atomic E-state index is 13.6. The van der Waals surface area contributed by atoms with E-state index in [-0.39, 0.29) is 40.1 Å². The first-order valence-electron chi connectivity index (χ1n) is 9.11. The molecule has 30 heavy (non-hydrogen) atoms. The summed E-state index contributed by atoms with van der Waals surface area (Å²) in [7, 11) is -1.63. The van der Waals surface area contributed by atoms with Crippen LogP contribution in [0.5, 0.6) is 5.75 Å². The first-order chi connectivity index (χ1) is 14.3. The Morgan fingerprint density at radius 1 is 1.27 bits per heavy atom. The predicted molar refractivity (Wildman–Crippen MR) is 117 cm³/mol. The summed E-state index contributed by atoms with van der Waals surface area (Å²) < 4.78 is 43.0. The van der Waals surface area contributed by atoms with E-state index in [1.807, 2.05) is 0 Å². The van der Waals surface area contributed by atoms with Crippen molar-refractivity contribution in [2.45, 2.75) is 17.7 Å². The molecule has 0 spiro atoms. The molecule has 2 aliphatic heterocycles. The third kappa shape index (κ3) is 4.33. The Kier molecular flexibility index (Phi) is 5.78. The third-order valence-corrected chi connectivity index (χ3v) is 8.48. The second kappa shape index (κ2) is 8.20. The van der Waals surface area contributed by atoms with Crippen molar-refractivity contribution in [2.75, 3.05) is 23.5 Å². The van der Waals surface area contributed by atoms with Crippen molar-refractivity contribution in [3.63, 3.8) is 0 Å². The highest BCUT2D eigenvalue weighted by Gasteiger charge is 2.49. The van der Waals surface area contributed by atoms with Crippen LogP contribution in [0.15, 0.2) is 47.5 Å². The first kappa shape index (κ1) is 21.1. The van der Waals surface area contributed by atoms with E-state index in [0.29, 0.717) is 16.6 Å². The summed E-state index contributed by atoms with van der Waals surface area (Å²) in [5, 5.41) is 0.0816. The average Bonchev–Trinajstić information content (AvgIpc) is 3.15. The van der Waals surface area contributed by atoms with Crippen molar-refractivity contribution in [1.29, 1.82) is 0 Å². The molecule has 2 heterocycles. The predicted octanol–water partition coefficient (Wildman–Crippen LogP) is 3.33. The Balaban J connectivity index is 1.62. The van der Waals surface area contributed by atoms with E-state index in [2.05, 4.69) is 4.99 Å². The van der Waals surface area contributed by atoms with E-state index in [9.17, 15) is 17.6 Å². The molecule has 2 aromatic carbocycles. The monoisotopic (exact) mass is 468 g/mol. The van der Waals surface area contributed by atoms with Gasteiger partial charge in [0.2, 0.25) is 0 Å². The minimum absolute atomic E-state index is 0.0133. The molecule has 1 amide bonds. The number of carbonyl (C=O) groups excluding carboxylic acids is 1. The highest BCUT2D eigenvalue weighted by Crippen LogP contribution is 2.41. The Morgan fingerprint density at radius 3 is 2.67 bits per heavy atom. The van der Waals surface area contributed by atoms with Gasteiger partial charge in [-0.3, -0.25) is 4.79 Å². The van der Waals surface area contributed by atoms with Crippen molar-refractivity contribution in [2.24, 2.45) is 4.99 Å². The topological polar surface area (TPSA) is 76.0 Å². The van der Waals surface area contributed by atoms with Crippen LogP contribution in [0.2, 0.25) is 5.02 Å². The van der Waals surface area contributed by atoms with E-state index in [4.69, 9.17) is 16.3 Å². The van der Waals surface area contributed by atoms with Gasteiger partial charge in [0.25, 0.3) is 5.91 Å². The Bertz CT molecular complexity index is 1120. The molecule has 0 radical (unpaired) electrons. The van der Waals surface area contributed by atoms with E-state index in [1.54, 1.807) is 36.3 Å². The van der Waals surface area contributed by atoms with Gasteiger partial charge in [0.05, 0.1) is 36.1 Å². The molecule has 2 aromatic rings. The average molecular weight is 469 g/mol. The van der Waals surface area contributed by atoms with Gasteiger partial charge in [-0.15, -0.1) is 0 Å². The van der Waals surface area contributed by atoms with Gasteiger partial charge < -0.3 is 9.64 Å². The number of nitrogens with zero attached hydrogens (tertiary/aromatic N) is 2. The maximum atomic E-state index is 13.6. The van der Waals surface area contributed by atoms with Gasteiger partial charge in [-0.25, -0.2) is 12.8 Å². The number of ether oxygens (including phenoxy) is 1. The summed E-state index contributed by atoms with van der Waals surface area (Å²) in [5.74, 6) is -0.275. The van der Waals surface area contributed by atoms with Crippen LogP contribution in [-0.4, -0.2) is 49.4 Å². The Morgan fingerprint density at radius 2 is 2.00 bits per heavy atom. The van der Waals surface area contributed by atoms with Crippen LogP contribution < -0.4 is 9.64 Å². The number of hydrogen-bond acceptors (Lipinski definition) is 5. The summed E-state index contributed by atoms with van der Waals surface area (Å²) in [6.07, 6.45) is 0.0969. The van der Waals surface area contributed by atoms with Crippen LogP contribution >= 0.6 is 23.4 Å². The normalized spacial score (nSPS) is 23.6. The number of amidine groups is 1. The van der Waals surface area contributed by atoms with Crippen LogP contribution in [0.1, 0.15) is 5.56 Å². The molecular weight excluding hydrogens is 451 g/mol. The summed E-state index contributed by atoms with van der Waals surface area (Å²) >= 11 is 7.19. The summed E-state index contributed by atoms with van der Waals surface area (Å²) in [6.45, 7) is 0. The second-order valence-corrected chi connectivity index (χ2v) is 10.8. The molecule has 0 unspecified atom stereocenters. The van der Waals surface area contributed by atoms with Gasteiger partial charge >= 0.3 is 0 Å². The summed E-state index contributed by atoms with van der Waals surface area (Å²) in [6, 6.07) is 10.9. The quantitative estimate of drug-likeness (QED) is 0.685. The highest BCUT2D eigenvalue weighted by molar-refractivity contribution is 8.16. The number of amides is 1. The van der Waals surface area contributed by atoms with Crippen LogP contribution in [0.4, 0.5) is 10.1 Å². The van der Waals surface area contributed by atoms with Gasteiger partial charge in [-0.2, -0.15) is 4.99 Å². The molecule has 6 nitrogen and oxygen atoms in total. The van der Waals surface area contributed by atoms with Gasteiger partial charge in [0.15, 0.2) is 15.0 Å². The molecule has 158 valence electrons. The molecule has 4 rings (SSSR count). The fourth-order valence-corrected chi connectivity index (χ4v) is 7.67. The number of rotatable bonds is 4. The first-order valence-corrected chi connectivity index (χ1v) is 12.2. The fraction of sp³-hybridized carbons (Fsp3) is 0.300. The Labute approximate surface area is 183 Å². The highest BCUT2D eigenvalue weighted by atomic mass is 35.5. The molecule has 0 aromatic heterocycles. The van der Waals surface area contributed by atoms with E-state index in [0.717, 1.165) is 5.56 Å². The molecule has 0 bridgehead atoms. The van der Waals surface area contributed by atoms with E-state index >= 15 is 0 Å². The number of aliphatic imine (C=N–C) groups is 1. The smallest absolute Gasteiger partial charge is 0.252 e. The van der Waals surface area contributed by atoms with Crippen molar-refractivity contribution in [3.05, 3.63) is 58.9 Å². The molecule has 0 saturated carbocycles. The number of benzene rings is 2. The number of fused-ring (bicyclic) bond motifs is 1. The maximum Gasteiger partial charge on any atom is 0.252 e. The number of hydrogen-bond donors (Lipinski definition) is 0. The van der Waals surface area contributed by atoms with Crippen LogP contribution in [0.25, 0.3) is 0 Å². The minimum atomic E-state index is -3.19. The number of halogens is 2. The molecule has 2 aliphatic rings. The van der Waals surface area contributed by atoms with Gasteiger partial charge in [0, 0.05) is 10.9 Å². The van der Waals surface area contributed by atoms with Crippen LogP contribution in [-0.2, 0) is 21.1 Å². The zero-order valence-corrected chi connectivity index (χ0v) is 18.3. The lowest BCUT2D eigenvalue weighted by Gasteiger charge is -2.24. The lowest BCUT2D eigenvalue weighted by atomic mass is 10.1. The standard InChI is InChI=1S/C20H18ClFN2O4S2/c1-28-14-5-2-12(3-6-14)8-19(25)23-20-24(13-4-7-16(22)15(21)9-13)17-10-30(26,27)11-18(17)29-20/h2-7,9,17-18H,8,10-11H2,1H3/t17-,18-/m1/s1. The molecule has 2 fully saturated rings. The molecule has 0 aliphatic carbocycles. The van der Waals surface area contributed by atoms with Crippen molar-refractivity contribution >= 4 is 50.0 Å². The summed E-state index contributed by atoms with van der Waals surface area (Å²) in [4.78, 5) is 18.6. The second-order valence-electron chi connectivity index (χ2n) is 7.08. The minimum Gasteiger partial charge on any atom is -0.497 e. The number of anilines is 1. The fourth-order valence-electron chi connectivity index (χ4n) is 3.57. The Hall–Kier alpha value is -2.10. The molecule has 10 heteroatoms. The molecular formula is C20H18ClFN2O4S2. The zero-order valence-electron chi connectivity index (χ0n) is 15.9. The number of thioether (sulfide) groups is 1. The van der Waals surface area contributed by atoms with Crippen LogP contribution in [0, 0.1) is 5.82 Å². The molecule has 2 atom stereocenters. The molecule has 2 saturated heterocycles. The largest absolute Gasteiger partial charge is 0.497 e. The zero-order chi connectivity index (χ0) is 21.5. The lowest BCUT2D eigenvalue weighted by Crippen LogP contribution is -2.37. The summed E-state index contributed by atoms with van der Waals surface area (Å²) in [5.41, 5.74) is 1.29. The SMILES string of the molecule is COc1ccc(CC(=O)N=C2S[C@@H]3CS(=O)(=O)C[C@H]3N2c2ccc(F)c(Cl)c2)cc1. The van der Waals surface area contributed by atoms with Crippen molar-refractivity contribution in [1.82, 2.24) is 0 Å². The number of carbonyl (C=O) groups is 1. The van der Waals surface area contributed by atoms with Crippen LogP contribution in [0.3, 0.4) is 0 Å². The molecule has 0 N–H and O–H groups in total. The van der Waals surface area contributed by atoms with E-state index < -0.39 is 15.7 Å². The van der Waals surface area contributed by atoms with Crippen molar-refractivity contribution < 1.29 is 22.3 Å². The van der Waals surface area contributed by atoms with Crippen molar-refractivity contribution in [3.8, 4) is 5.75 Å². The van der Waals surface area contributed by atoms with Gasteiger partial charge in [-0.1, -0.05) is 35.5 Å². The number of sulfone groups is 1. The van der Waals surface area contributed by atoms with Gasteiger partial charge in [0.1, 0.15) is 11.6 Å².